The van der Waals surface area contributed by atoms with Gasteiger partial charge in [0.25, 0.3) is 0 Å². The van der Waals surface area contributed by atoms with E-state index in [0.29, 0.717) is 5.56 Å². The average Bonchev–Trinajstić information content (AvgIpc) is 2.20. The molecule has 0 aliphatic carbocycles. The van der Waals surface area contributed by atoms with Gasteiger partial charge >= 0.3 is 12.1 Å². The number of Topliss-reactive ketones (excluding diaryl/α,β-unsaturated/α-hetero) is 1. The van der Waals surface area contributed by atoms with Crippen LogP contribution in [0.3, 0.4) is 0 Å². The number of alkyl halides is 5. The summed E-state index contributed by atoms with van der Waals surface area (Å²) in [5.74, 6) is -7.57. The van der Waals surface area contributed by atoms with Gasteiger partial charge in [0.2, 0.25) is 5.78 Å². The summed E-state index contributed by atoms with van der Waals surface area (Å²) >= 11 is 0. The molecule has 1 aromatic rings. The molecule has 0 fully saturated rings. The van der Waals surface area contributed by atoms with Gasteiger partial charge in [0.1, 0.15) is 0 Å². The molecule has 0 saturated carbocycles. The predicted molar refractivity (Wildman–Crippen MR) is 56.0 cm³/mol. The lowest BCUT2D eigenvalue weighted by molar-refractivity contribution is -0.255. The van der Waals surface area contributed by atoms with E-state index in [1.165, 1.54) is 19.9 Å². The van der Waals surface area contributed by atoms with Crippen LogP contribution in [0, 0.1) is 20.8 Å². The topological polar surface area (TPSA) is 17.1 Å². The number of carbonyl (C=O) groups is 1. The Bertz CT molecular complexity index is 488. The van der Waals surface area contributed by atoms with Crippen molar-refractivity contribution >= 4 is 5.78 Å². The smallest absolute Gasteiger partial charge is 0.287 e. The Kier molecular flexibility index (Phi) is 3.51. The summed E-state index contributed by atoms with van der Waals surface area (Å²) in [6.45, 7) is 4.54. The van der Waals surface area contributed by atoms with Crippen molar-refractivity contribution < 1.29 is 26.7 Å². The minimum Gasteiger partial charge on any atom is -0.287 e. The largest absolute Gasteiger partial charge is 0.461 e. The van der Waals surface area contributed by atoms with Gasteiger partial charge in [-0.2, -0.15) is 22.0 Å². The molecule has 1 aromatic carbocycles. The van der Waals surface area contributed by atoms with Crippen LogP contribution in [-0.4, -0.2) is 17.9 Å². The number of rotatable bonds is 2. The predicted octanol–water partition coefficient (Wildman–Crippen LogP) is 3.99. The summed E-state index contributed by atoms with van der Waals surface area (Å²) in [6, 6.07) is 2.47. The van der Waals surface area contributed by atoms with E-state index in [0.717, 1.165) is 11.6 Å². The third-order valence-corrected chi connectivity index (χ3v) is 2.73. The second-order valence-corrected chi connectivity index (χ2v) is 4.15. The van der Waals surface area contributed by atoms with Gasteiger partial charge in [0, 0.05) is 5.56 Å². The van der Waals surface area contributed by atoms with Gasteiger partial charge < -0.3 is 0 Å². The van der Waals surface area contributed by atoms with Crippen LogP contribution >= 0.6 is 0 Å². The third kappa shape index (κ3) is 2.37. The zero-order valence-corrected chi connectivity index (χ0v) is 9.95. The lowest BCUT2D eigenvalue weighted by Gasteiger charge is -2.19. The van der Waals surface area contributed by atoms with E-state index in [1.807, 2.05) is 0 Å². The maximum atomic E-state index is 12.9. The highest BCUT2D eigenvalue weighted by molar-refractivity contribution is 6.03. The van der Waals surface area contributed by atoms with Crippen molar-refractivity contribution in [1.29, 1.82) is 0 Å². The molecule has 1 rings (SSSR count). The highest BCUT2D eigenvalue weighted by Crippen LogP contribution is 2.38. The Labute approximate surface area is 101 Å². The number of carbonyl (C=O) groups excluding carboxylic acids is 1. The van der Waals surface area contributed by atoms with Gasteiger partial charge in [0.15, 0.2) is 0 Å². The fourth-order valence-corrected chi connectivity index (χ4v) is 1.50. The minimum absolute atomic E-state index is 0.104. The molecule has 18 heavy (non-hydrogen) atoms. The molecule has 0 bridgehead atoms. The van der Waals surface area contributed by atoms with Crippen molar-refractivity contribution in [1.82, 2.24) is 0 Å². The number of aryl methyl sites for hydroxylation is 3. The molecule has 0 N–H and O–H groups in total. The second kappa shape index (κ2) is 4.33. The summed E-state index contributed by atoms with van der Waals surface area (Å²) < 4.78 is 62.2. The quantitative estimate of drug-likeness (QED) is 0.584. The summed E-state index contributed by atoms with van der Waals surface area (Å²) in [7, 11) is 0. The number of halogens is 5. The van der Waals surface area contributed by atoms with Gasteiger partial charge in [-0.25, -0.2) is 0 Å². The molecule has 0 aliphatic heterocycles. The molecule has 0 aromatic heterocycles. The highest BCUT2D eigenvalue weighted by Gasteiger charge is 2.63. The van der Waals surface area contributed by atoms with Gasteiger partial charge in [-0.1, -0.05) is 6.07 Å². The SMILES string of the molecule is Cc1cc(C)c(C(=O)C(F)(F)C(F)(F)F)cc1C. The van der Waals surface area contributed by atoms with E-state index in [-0.39, 0.29) is 5.56 Å². The van der Waals surface area contributed by atoms with E-state index < -0.39 is 23.4 Å². The van der Waals surface area contributed by atoms with Crippen LogP contribution in [-0.2, 0) is 0 Å². The van der Waals surface area contributed by atoms with Crippen molar-refractivity contribution in [2.24, 2.45) is 0 Å². The standard InChI is InChI=1S/C12H11F5O/c1-6-4-8(3)9(5-7(6)2)10(18)11(13,14)12(15,16)17/h4-5H,1-3H3. The molecule has 0 amide bonds. The number of hydrogen-bond acceptors (Lipinski definition) is 1. The van der Waals surface area contributed by atoms with Crippen LogP contribution in [0.5, 0.6) is 0 Å². The first-order valence-electron chi connectivity index (χ1n) is 5.05. The van der Waals surface area contributed by atoms with Crippen LogP contribution in [0.1, 0.15) is 27.0 Å². The average molecular weight is 266 g/mol. The molecular weight excluding hydrogens is 255 g/mol. The van der Waals surface area contributed by atoms with Crippen LogP contribution in [0.4, 0.5) is 22.0 Å². The highest BCUT2D eigenvalue weighted by atomic mass is 19.4. The van der Waals surface area contributed by atoms with E-state index in [2.05, 4.69) is 0 Å². The number of ketones is 1. The third-order valence-electron chi connectivity index (χ3n) is 2.73. The van der Waals surface area contributed by atoms with Crippen LogP contribution in [0.2, 0.25) is 0 Å². The normalized spacial score (nSPS) is 12.7. The Morgan fingerprint density at radius 3 is 1.78 bits per heavy atom. The molecule has 100 valence electrons. The zero-order valence-electron chi connectivity index (χ0n) is 9.95. The monoisotopic (exact) mass is 266 g/mol. The maximum Gasteiger partial charge on any atom is 0.461 e. The molecular formula is C12H11F5O. The lowest BCUT2D eigenvalue weighted by Crippen LogP contribution is -2.44. The van der Waals surface area contributed by atoms with Crippen molar-refractivity contribution in [3.8, 4) is 0 Å². The van der Waals surface area contributed by atoms with Gasteiger partial charge in [-0.15, -0.1) is 0 Å². The van der Waals surface area contributed by atoms with Gasteiger partial charge in [-0.05, 0) is 43.5 Å². The van der Waals surface area contributed by atoms with Crippen molar-refractivity contribution in [3.05, 3.63) is 34.4 Å². The van der Waals surface area contributed by atoms with Crippen molar-refractivity contribution in [3.63, 3.8) is 0 Å². The Hall–Kier alpha value is -1.46. The first-order chi connectivity index (χ1) is 7.98. The molecule has 0 atom stereocenters. The second-order valence-electron chi connectivity index (χ2n) is 4.15. The van der Waals surface area contributed by atoms with E-state index >= 15 is 0 Å². The Morgan fingerprint density at radius 1 is 0.889 bits per heavy atom. The molecule has 0 radical (unpaired) electrons. The first kappa shape index (κ1) is 14.6. The molecule has 0 saturated heterocycles. The van der Waals surface area contributed by atoms with Crippen LogP contribution in [0.15, 0.2) is 12.1 Å². The molecule has 6 heteroatoms. The summed E-state index contributed by atoms with van der Waals surface area (Å²) in [6.07, 6.45) is -5.88. The summed E-state index contributed by atoms with van der Waals surface area (Å²) in [5.41, 5.74) is 0.716. The molecule has 1 nitrogen and oxygen atoms in total. The van der Waals surface area contributed by atoms with E-state index in [9.17, 15) is 26.7 Å². The van der Waals surface area contributed by atoms with Gasteiger partial charge in [0.05, 0.1) is 0 Å². The van der Waals surface area contributed by atoms with Crippen LogP contribution in [0.25, 0.3) is 0 Å². The maximum absolute atomic E-state index is 12.9. The molecule has 0 aliphatic rings. The molecule has 0 unspecified atom stereocenters. The summed E-state index contributed by atoms with van der Waals surface area (Å²) in [4.78, 5) is 11.3. The lowest BCUT2D eigenvalue weighted by atomic mass is 9.95. The minimum atomic E-state index is -5.88. The Morgan fingerprint density at radius 2 is 1.33 bits per heavy atom. The fraction of sp³-hybridized carbons (Fsp3) is 0.417. The summed E-state index contributed by atoms with van der Waals surface area (Å²) in [5, 5.41) is 0. The molecule has 0 spiro atoms. The van der Waals surface area contributed by atoms with E-state index in [4.69, 9.17) is 0 Å². The van der Waals surface area contributed by atoms with Crippen LogP contribution < -0.4 is 0 Å². The zero-order chi connectivity index (χ0) is 14.3. The van der Waals surface area contributed by atoms with Crippen molar-refractivity contribution in [2.75, 3.05) is 0 Å². The van der Waals surface area contributed by atoms with E-state index in [1.54, 1.807) is 6.92 Å². The van der Waals surface area contributed by atoms with Gasteiger partial charge in [-0.3, -0.25) is 4.79 Å². The Balaban J connectivity index is 3.32. The fourth-order valence-electron chi connectivity index (χ4n) is 1.50. The molecule has 0 heterocycles. The number of benzene rings is 1. The number of hydrogen-bond donors (Lipinski definition) is 0. The van der Waals surface area contributed by atoms with Crippen molar-refractivity contribution in [2.45, 2.75) is 32.9 Å². The first-order valence-corrected chi connectivity index (χ1v) is 5.05.